The van der Waals surface area contributed by atoms with Gasteiger partial charge < -0.3 is 5.73 Å². The van der Waals surface area contributed by atoms with Gasteiger partial charge in [-0.05, 0) is 31.2 Å². The van der Waals surface area contributed by atoms with E-state index in [-0.39, 0.29) is 0 Å². The summed E-state index contributed by atoms with van der Waals surface area (Å²) in [6.45, 7) is 1.97. The summed E-state index contributed by atoms with van der Waals surface area (Å²) in [5.74, 6) is 0. The highest BCUT2D eigenvalue weighted by Gasteiger charge is 2.13. The molecule has 0 bridgehead atoms. The smallest absolute Gasteiger partial charge is 0.125 e. The summed E-state index contributed by atoms with van der Waals surface area (Å²) in [6.07, 6.45) is 3.55. The lowest BCUT2D eigenvalue weighted by molar-refractivity contribution is 1.23. The highest BCUT2D eigenvalue weighted by atomic mass is 32.1. The van der Waals surface area contributed by atoms with E-state index in [4.69, 9.17) is 18.0 Å². The highest BCUT2D eigenvalue weighted by Crippen LogP contribution is 2.33. The molecule has 104 valence electrons. The standard InChI is InChI=1S/C15H12N4S2/c1-9-13(11-5-2-6-12(19-11)14(16)20)21-15(18-9)10-4-3-7-17-8-10/h2-8H,1H3,(H2,16,20). The molecule has 2 N–H and O–H groups in total. The molecular weight excluding hydrogens is 300 g/mol. The van der Waals surface area contributed by atoms with Crippen LogP contribution in [0.3, 0.4) is 0 Å². The maximum atomic E-state index is 5.64. The molecule has 0 atom stereocenters. The third kappa shape index (κ3) is 2.81. The van der Waals surface area contributed by atoms with Crippen molar-refractivity contribution >= 4 is 28.5 Å². The number of aryl methyl sites for hydroxylation is 1. The monoisotopic (exact) mass is 312 g/mol. The van der Waals surface area contributed by atoms with Gasteiger partial charge in [0.2, 0.25) is 0 Å². The number of hydrogen-bond donors (Lipinski definition) is 1. The van der Waals surface area contributed by atoms with E-state index in [1.54, 1.807) is 23.7 Å². The zero-order chi connectivity index (χ0) is 14.8. The predicted molar refractivity (Wildman–Crippen MR) is 89.2 cm³/mol. The lowest BCUT2D eigenvalue weighted by Gasteiger charge is -2.01. The average Bonchev–Trinajstić information content (AvgIpc) is 2.90. The Morgan fingerprint density at radius 3 is 2.76 bits per heavy atom. The molecule has 0 unspecified atom stereocenters. The summed E-state index contributed by atoms with van der Waals surface area (Å²) in [4.78, 5) is 14.6. The summed E-state index contributed by atoms with van der Waals surface area (Å²) >= 11 is 6.57. The zero-order valence-corrected chi connectivity index (χ0v) is 12.9. The normalized spacial score (nSPS) is 10.5. The van der Waals surface area contributed by atoms with Crippen molar-refractivity contribution in [2.24, 2.45) is 5.73 Å². The van der Waals surface area contributed by atoms with E-state index in [0.717, 1.165) is 26.8 Å². The van der Waals surface area contributed by atoms with Crippen molar-refractivity contribution in [2.75, 3.05) is 0 Å². The van der Waals surface area contributed by atoms with Crippen LogP contribution in [-0.4, -0.2) is 19.9 Å². The molecule has 0 fully saturated rings. The summed E-state index contributed by atoms with van der Waals surface area (Å²) in [5, 5.41) is 0.929. The lowest BCUT2D eigenvalue weighted by Crippen LogP contribution is -2.11. The largest absolute Gasteiger partial charge is 0.388 e. The van der Waals surface area contributed by atoms with Gasteiger partial charge in [-0.1, -0.05) is 18.3 Å². The maximum absolute atomic E-state index is 5.64. The number of pyridine rings is 2. The van der Waals surface area contributed by atoms with Gasteiger partial charge >= 0.3 is 0 Å². The molecule has 3 rings (SSSR count). The van der Waals surface area contributed by atoms with E-state index in [2.05, 4.69) is 15.0 Å². The molecule has 6 heteroatoms. The van der Waals surface area contributed by atoms with Crippen molar-refractivity contribution in [3.05, 3.63) is 54.1 Å². The summed E-state index contributed by atoms with van der Waals surface area (Å²) in [6, 6.07) is 9.55. The van der Waals surface area contributed by atoms with Crippen LogP contribution in [0.2, 0.25) is 0 Å². The minimum absolute atomic E-state index is 0.298. The number of nitrogens with zero attached hydrogens (tertiary/aromatic N) is 3. The van der Waals surface area contributed by atoms with E-state index in [9.17, 15) is 0 Å². The Labute approximate surface area is 131 Å². The molecule has 0 aliphatic carbocycles. The van der Waals surface area contributed by atoms with Gasteiger partial charge in [-0.25, -0.2) is 9.97 Å². The molecule has 0 aliphatic heterocycles. The van der Waals surface area contributed by atoms with Crippen LogP contribution in [0.15, 0.2) is 42.7 Å². The Bertz CT molecular complexity index is 796. The number of rotatable bonds is 3. The molecule has 0 aromatic carbocycles. The lowest BCUT2D eigenvalue weighted by atomic mass is 10.2. The first kappa shape index (κ1) is 13.8. The fourth-order valence-corrected chi connectivity index (χ4v) is 3.09. The minimum atomic E-state index is 0.298. The Morgan fingerprint density at radius 2 is 2.05 bits per heavy atom. The average molecular weight is 312 g/mol. The number of thiocarbonyl (C=S) groups is 1. The van der Waals surface area contributed by atoms with Crippen LogP contribution in [0.25, 0.3) is 21.1 Å². The number of nitrogens with two attached hydrogens (primary N) is 1. The Balaban J connectivity index is 2.06. The minimum Gasteiger partial charge on any atom is -0.388 e. The predicted octanol–water partition coefficient (Wildman–Crippen LogP) is 3.21. The van der Waals surface area contributed by atoms with Gasteiger partial charge in [-0.3, -0.25) is 4.98 Å². The van der Waals surface area contributed by atoms with Gasteiger partial charge in [0, 0.05) is 18.0 Å². The van der Waals surface area contributed by atoms with E-state index in [1.807, 2.05) is 37.3 Å². The fraction of sp³-hybridized carbons (Fsp3) is 0.0667. The Kier molecular flexibility index (Phi) is 3.72. The fourth-order valence-electron chi connectivity index (χ4n) is 1.95. The van der Waals surface area contributed by atoms with Crippen LogP contribution >= 0.6 is 23.6 Å². The van der Waals surface area contributed by atoms with E-state index < -0.39 is 0 Å². The van der Waals surface area contributed by atoms with E-state index >= 15 is 0 Å². The van der Waals surface area contributed by atoms with E-state index in [0.29, 0.717) is 10.7 Å². The molecule has 3 heterocycles. The maximum Gasteiger partial charge on any atom is 0.125 e. The summed E-state index contributed by atoms with van der Waals surface area (Å²) < 4.78 is 0. The number of thiazole rings is 1. The van der Waals surface area contributed by atoms with Crippen LogP contribution in [0.5, 0.6) is 0 Å². The molecule has 3 aromatic heterocycles. The van der Waals surface area contributed by atoms with Crippen molar-refractivity contribution in [1.82, 2.24) is 15.0 Å². The molecule has 0 saturated heterocycles. The van der Waals surface area contributed by atoms with Crippen molar-refractivity contribution in [1.29, 1.82) is 0 Å². The highest BCUT2D eigenvalue weighted by molar-refractivity contribution is 7.80. The van der Waals surface area contributed by atoms with Gasteiger partial charge in [-0.2, -0.15) is 0 Å². The van der Waals surface area contributed by atoms with Crippen molar-refractivity contribution in [3.63, 3.8) is 0 Å². The van der Waals surface area contributed by atoms with Crippen LogP contribution in [0, 0.1) is 6.92 Å². The second kappa shape index (κ2) is 5.67. The molecule has 21 heavy (non-hydrogen) atoms. The van der Waals surface area contributed by atoms with Gasteiger partial charge in [0.1, 0.15) is 10.00 Å². The first-order chi connectivity index (χ1) is 10.1. The van der Waals surface area contributed by atoms with Gasteiger partial charge in [0.05, 0.1) is 22.0 Å². The summed E-state index contributed by atoms with van der Waals surface area (Å²) in [7, 11) is 0. The topological polar surface area (TPSA) is 64.7 Å². The second-order valence-electron chi connectivity index (χ2n) is 4.45. The Hall–Kier alpha value is -2.18. The van der Waals surface area contributed by atoms with Crippen molar-refractivity contribution in [2.45, 2.75) is 6.92 Å². The quantitative estimate of drug-likeness (QED) is 0.752. The molecule has 3 aromatic rings. The van der Waals surface area contributed by atoms with Crippen LogP contribution in [0.1, 0.15) is 11.4 Å². The number of aromatic nitrogens is 3. The molecule has 0 aliphatic rings. The van der Waals surface area contributed by atoms with Gasteiger partial charge in [-0.15, -0.1) is 11.3 Å². The van der Waals surface area contributed by atoms with E-state index in [1.165, 1.54) is 0 Å². The number of hydrogen-bond acceptors (Lipinski definition) is 5. The summed E-state index contributed by atoms with van der Waals surface area (Å²) in [5.41, 5.74) is 9.04. The second-order valence-corrected chi connectivity index (χ2v) is 5.89. The van der Waals surface area contributed by atoms with Crippen molar-refractivity contribution < 1.29 is 0 Å². The van der Waals surface area contributed by atoms with Crippen LogP contribution in [0.4, 0.5) is 0 Å². The third-order valence-electron chi connectivity index (χ3n) is 2.94. The molecule has 0 radical (unpaired) electrons. The Morgan fingerprint density at radius 1 is 1.19 bits per heavy atom. The van der Waals surface area contributed by atoms with Crippen LogP contribution < -0.4 is 5.73 Å². The first-order valence-electron chi connectivity index (χ1n) is 6.30. The first-order valence-corrected chi connectivity index (χ1v) is 7.52. The molecule has 0 saturated carbocycles. The van der Waals surface area contributed by atoms with Crippen LogP contribution in [-0.2, 0) is 0 Å². The van der Waals surface area contributed by atoms with Gasteiger partial charge in [0.25, 0.3) is 0 Å². The van der Waals surface area contributed by atoms with Crippen molar-refractivity contribution in [3.8, 4) is 21.1 Å². The molecule has 0 amide bonds. The SMILES string of the molecule is Cc1nc(-c2cccnc2)sc1-c1cccc(C(N)=S)n1. The zero-order valence-electron chi connectivity index (χ0n) is 11.3. The molecule has 0 spiro atoms. The molecule has 4 nitrogen and oxygen atoms in total. The third-order valence-corrected chi connectivity index (χ3v) is 4.38. The van der Waals surface area contributed by atoms with Gasteiger partial charge in [0.15, 0.2) is 0 Å². The molecular formula is C15H12N4S2.